The van der Waals surface area contributed by atoms with Crippen molar-refractivity contribution in [2.24, 2.45) is 0 Å². The summed E-state index contributed by atoms with van der Waals surface area (Å²) in [4.78, 5) is 2.47. The zero-order valence-corrected chi connectivity index (χ0v) is 12.9. The first-order chi connectivity index (χ1) is 9.76. The molecule has 3 heteroatoms. The molecule has 1 saturated heterocycles. The molecule has 3 nitrogen and oxygen atoms in total. The van der Waals surface area contributed by atoms with Crippen molar-refractivity contribution >= 4 is 0 Å². The largest absolute Gasteiger partial charge is 0.394 e. The van der Waals surface area contributed by atoms with Crippen LogP contribution in [0, 0.1) is 0 Å². The standard InChI is InChI=1S/C17H28N2O/c1-3-15-6-8-16(9-7-15)17(4-2,14-20)19-12-5-10-18-11-13-19/h6-9,18,20H,3-5,10-14H2,1-2H3. The van der Waals surface area contributed by atoms with Gasteiger partial charge < -0.3 is 10.4 Å². The van der Waals surface area contributed by atoms with Crippen molar-refractivity contribution in [2.45, 2.75) is 38.6 Å². The number of nitrogens with zero attached hydrogens (tertiary/aromatic N) is 1. The van der Waals surface area contributed by atoms with Gasteiger partial charge in [-0.1, -0.05) is 38.1 Å². The van der Waals surface area contributed by atoms with Gasteiger partial charge in [0.05, 0.1) is 12.1 Å². The van der Waals surface area contributed by atoms with Crippen molar-refractivity contribution in [3.05, 3.63) is 35.4 Å². The number of hydrogen-bond donors (Lipinski definition) is 2. The lowest BCUT2D eigenvalue weighted by Crippen LogP contribution is -2.50. The van der Waals surface area contributed by atoms with E-state index in [1.54, 1.807) is 0 Å². The van der Waals surface area contributed by atoms with Crippen molar-refractivity contribution in [1.29, 1.82) is 0 Å². The van der Waals surface area contributed by atoms with E-state index in [4.69, 9.17) is 0 Å². The molecule has 20 heavy (non-hydrogen) atoms. The second-order valence-electron chi connectivity index (χ2n) is 5.68. The number of aliphatic hydroxyl groups is 1. The number of aryl methyl sites for hydroxylation is 1. The Morgan fingerprint density at radius 3 is 2.50 bits per heavy atom. The molecule has 112 valence electrons. The first-order valence-electron chi connectivity index (χ1n) is 7.93. The molecule has 1 aromatic carbocycles. The van der Waals surface area contributed by atoms with E-state index in [-0.39, 0.29) is 12.1 Å². The van der Waals surface area contributed by atoms with Crippen molar-refractivity contribution in [3.8, 4) is 0 Å². The molecule has 0 aliphatic carbocycles. The highest BCUT2D eigenvalue weighted by Crippen LogP contribution is 2.32. The van der Waals surface area contributed by atoms with E-state index >= 15 is 0 Å². The van der Waals surface area contributed by atoms with Gasteiger partial charge in [0.2, 0.25) is 0 Å². The van der Waals surface area contributed by atoms with Gasteiger partial charge in [0.1, 0.15) is 0 Å². The Hall–Kier alpha value is -0.900. The molecule has 2 N–H and O–H groups in total. The summed E-state index contributed by atoms with van der Waals surface area (Å²) in [5, 5.41) is 13.6. The molecule has 0 amide bonds. The summed E-state index contributed by atoms with van der Waals surface area (Å²) >= 11 is 0. The smallest absolute Gasteiger partial charge is 0.0691 e. The van der Waals surface area contributed by atoms with E-state index in [9.17, 15) is 5.11 Å². The number of aliphatic hydroxyl groups excluding tert-OH is 1. The van der Waals surface area contributed by atoms with Crippen LogP contribution in [-0.4, -0.2) is 42.8 Å². The highest BCUT2D eigenvalue weighted by Gasteiger charge is 2.36. The lowest BCUT2D eigenvalue weighted by Gasteiger charge is -2.42. The van der Waals surface area contributed by atoms with Crippen molar-refractivity contribution < 1.29 is 5.11 Å². The quantitative estimate of drug-likeness (QED) is 0.865. The Bertz CT molecular complexity index is 390. The summed E-state index contributed by atoms with van der Waals surface area (Å²) in [6, 6.07) is 8.81. The maximum atomic E-state index is 10.1. The maximum Gasteiger partial charge on any atom is 0.0691 e. The second-order valence-corrected chi connectivity index (χ2v) is 5.68. The van der Waals surface area contributed by atoms with Gasteiger partial charge in [-0.15, -0.1) is 0 Å². The molecule has 1 atom stereocenters. The number of benzene rings is 1. The molecule has 1 heterocycles. The van der Waals surface area contributed by atoms with Crippen LogP contribution in [0.2, 0.25) is 0 Å². The molecule has 1 aliphatic heterocycles. The van der Waals surface area contributed by atoms with E-state index in [0.29, 0.717) is 0 Å². The molecule has 0 spiro atoms. The summed E-state index contributed by atoms with van der Waals surface area (Å²) < 4.78 is 0. The summed E-state index contributed by atoms with van der Waals surface area (Å²) in [7, 11) is 0. The van der Waals surface area contributed by atoms with Crippen LogP contribution in [0.3, 0.4) is 0 Å². The average molecular weight is 276 g/mol. The molecule has 0 saturated carbocycles. The molecule has 0 bridgehead atoms. The first-order valence-corrected chi connectivity index (χ1v) is 7.93. The number of nitrogens with one attached hydrogen (secondary N) is 1. The average Bonchev–Trinajstić information content (AvgIpc) is 2.79. The van der Waals surface area contributed by atoms with Gasteiger partial charge in [-0.2, -0.15) is 0 Å². The molecule has 1 unspecified atom stereocenters. The third-order valence-electron chi connectivity index (χ3n) is 4.69. The molecule has 0 aromatic heterocycles. The van der Waals surface area contributed by atoms with Crippen LogP contribution < -0.4 is 5.32 Å². The number of hydrogen-bond acceptors (Lipinski definition) is 3. The summed E-state index contributed by atoms with van der Waals surface area (Å²) in [5.74, 6) is 0. The van der Waals surface area contributed by atoms with Crippen molar-refractivity contribution in [2.75, 3.05) is 32.8 Å². The summed E-state index contributed by atoms with van der Waals surface area (Å²) in [5.41, 5.74) is 2.38. The van der Waals surface area contributed by atoms with Gasteiger partial charge in [0, 0.05) is 19.6 Å². The minimum Gasteiger partial charge on any atom is -0.394 e. The third-order valence-corrected chi connectivity index (χ3v) is 4.69. The van der Waals surface area contributed by atoms with Gasteiger partial charge >= 0.3 is 0 Å². The van der Waals surface area contributed by atoms with Crippen LogP contribution in [0.4, 0.5) is 0 Å². The van der Waals surface area contributed by atoms with Gasteiger partial charge in [-0.05, 0) is 36.9 Å². The summed E-state index contributed by atoms with van der Waals surface area (Å²) in [6.07, 6.45) is 3.15. The third kappa shape index (κ3) is 3.05. The Kier molecular flexibility index (Phi) is 5.58. The van der Waals surface area contributed by atoms with Crippen LogP contribution >= 0.6 is 0 Å². The molecule has 1 aliphatic rings. The SMILES string of the molecule is CCc1ccc(C(CC)(CO)N2CCCNCC2)cc1. The molecule has 0 radical (unpaired) electrons. The fourth-order valence-electron chi connectivity index (χ4n) is 3.24. The molecular weight excluding hydrogens is 248 g/mol. The van der Waals surface area contributed by atoms with Crippen molar-refractivity contribution in [3.63, 3.8) is 0 Å². The normalized spacial score (nSPS) is 20.4. The van der Waals surface area contributed by atoms with Crippen LogP contribution in [0.15, 0.2) is 24.3 Å². The Balaban J connectivity index is 2.30. The molecule has 1 aromatic rings. The molecule has 1 fully saturated rings. The lowest BCUT2D eigenvalue weighted by molar-refractivity contribution is 0.0267. The van der Waals surface area contributed by atoms with E-state index in [1.807, 2.05) is 0 Å². The number of rotatable bonds is 5. The van der Waals surface area contributed by atoms with Crippen molar-refractivity contribution in [1.82, 2.24) is 10.2 Å². The predicted octanol–water partition coefficient (Wildman–Crippen LogP) is 2.14. The molecule has 2 rings (SSSR count). The van der Waals surface area contributed by atoms with E-state index in [0.717, 1.165) is 45.4 Å². The lowest BCUT2D eigenvalue weighted by atomic mass is 9.85. The highest BCUT2D eigenvalue weighted by molar-refractivity contribution is 5.29. The van der Waals surface area contributed by atoms with Crippen LogP contribution in [-0.2, 0) is 12.0 Å². The zero-order chi connectivity index (χ0) is 14.4. The van der Waals surface area contributed by atoms with Gasteiger partial charge in [0.25, 0.3) is 0 Å². The fourth-order valence-corrected chi connectivity index (χ4v) is 3.24. The second kappa shape index (κ2) is 7.21. The predicted molar refractivity (Wildman–Crippen MR) is 83.9 cm³/mol. The minimum absolute atomic E-state index is 0.189. The van der Waals surface area contributed by atoms with E-state index < -0.39 is 0 Å². The van der Waals surface area contributed by atoms with E-state index in [1.165, 1.54) is 11.1 Å². The van der Waals surface area contributed by atoms with Crippen LogP contribution in [0.5, 0.6) is 0 Å². The van der Waals surface area contributed by atoms with E-state index in [2.05, 4.69) is 48.3 Å². The monoisotopic (exact) mass is 276 g/mol. The highest BCUT2D eigenvalue weighted by atomic mass is 16.3. The van der Waals surface area contributed by atoms with Crippen LogP contribution in [0.1, 0.15) is 37.8 Å². The van der Waals surface area contributed by atoms with Gasteiger partial charge in [-0.25, -0.2) is 0 Å². The maximum absolute atomic E-state index is 10.1. The topological polar surface area (TPSA) is 35.5 Å². The Labute approximate surface area is 123 Å². The first kappa shape index (κ1) is 15.5. The Morgan fingerprint density at radius 1 is 1.15 bits per heavy atom. The molecular formula is C17H28N2O. The fraction of sp³-hybridized carbons (Fsp3) is 0.647. The summed E-state index contributed by atoms with van der Waals surface area (Å²) in [6.45, 7) is 8.69. The zero-order valence-electron chi connectivity index (χ0n) is 12.9. The van der Waals surface area contributed by atoms with Crippen LogP contribution in [0.25, 0.3) is 0 Å². The minimum atomic E-state index is -0.224. The Morgan fingerprint density at radius 2 is 1.90 bits per heavy atom. The van der Waals surface area contributed by atoms with Gasteiger partial charge in [0.15, 0.2) is 0 Å². The van der Waals surface area contributed by atoms with Gasteiger partial charge in [-0.3, -0.25) is 4.90 Å².